The third-order valence-electron chi connectivity index (χ3n) is 6.87. The van der Waals surface area contributed by atoms with Crippen LogP contribution in [0.1, 0.15) is 49.4 Å². The number of ether oxygens (including phenoxy) is 1. The van der Waals surface area contributed by atoms with E-state index in [9.17, 15) is 19.1 Å². The lowest BCUT2D eigenvalue weighted by Crippen LogP contribution is -2.25. The number of amides is 1. The monoisotopic (exact) mass is 518 g/mol. The average molecular weight is 519 g/mol. The van der Waals surface area contributed by atoms with E-state index in [0.717, 1.165) is 0 Å². The normalized spacial score (nSPS) is 14.8. The quantitative estimate of drug-likeness (QED) is 0.439. The molecule has 2 aromatic carbocycles. The van der Waals surface area contributed by atoms with Gasteiger partial charge < -0.3 is 19.3 Å². The second-order valence-electron chi connectivity index (χ2n) is 9.55. The molecule has 0 radical (unpaired) electrons. The topological polar surface area (TPSA) is 71.8 Å². The summed E-state index contributed by atoms with van der Waals surface area (Å²) in [6.45, 7) is 5.88. The van der Waals surface area contributed by atoms with Crippen molar-refractivity contribution in [1.29, 1.82) is 0 Å². The molecule has 0 saturated carbocycles. The van der Waals surface area contributed by atoms with Gasteiger partial charge in [-0.25, -0.2) is 8.78 Å². The van der Waals surface area contributed by atoms with Crippen LogP contribution >= 0.6 is 11.6 Å². The van der Waals surface area contributed by atoms with E-state index in [0.29, 0.717) is 47.2 Å². The largest absolute Gasteiger partial charge is 0.496 e. The van der Waals surface area contributed by atoms with E-state index in [2.05, 4.69) is 0 Å². The maximum Gasteiger partial charge on any atom is 0.227 e. The third-order valence-corrected chi connectivity index (χ3v) is 7.21. The summed E-state index contributed by atoms with van der Waals surface area (Å²) < 4.78 is 37.4. The summed E-state index contributed by atoms with van der Waals surface area (Å²) in [5.41, 5.74) is 1.43. The van der Waals surface area contributed by atoms with Crippen molar-refractivity contribution in [3.8, 4) is 5.75 Å². The number of aliphatic hydroxyl groups excluding tert-OH is 1. The predicted molar refractivity (Wildman–Crippen MR) is 136 cm³/mol. The average Bonchev–Trinajstić information content (AvgIpc) is 3.27. The number of anilines is 1. The number of nitrogens with zero attached hydrogens (tertiary/aromatic N) is 2. The van der Waals surface area contributed by atoms with Crippen LogP contribution in [-0.2, 0) is 11.2 Å². The van der Waals surface area contributed by atoms with Gasteiger partial charge in [0.25, 0.3) is 0 Å². The van der Waals surface area contributed by atoms with Crippen LogP contribution in [0.3, 0.4) is 0 Å². The number of halogens is 3. The molecule has 192 valence electrons. The van der Waals surface area contributed by atoms with Gasteiger partial charge in [0.1, 0.15) is 16.6 Å². The van der Waals surface area contributed by atoms with Crippen molar-refractivity contribution in [3.63, 3.8) is 0 Å². The fraction of sp³-hybridized carbons (Fsp3) is 0.407. The number of aryl methyl sites for hydroxylation is 1. The number of rotatable bonds is 7. The molecule has 3 aromatic rings. The number of carbonyl (C=O) groups is 1. The molecule has 1 N–H and O–H groups in total. The Labute approximate surface area is 213 Å². The van der Waals surface area contributed by atoms with E-state index in [1.165, 1.54) is 18.1 Å². The SMILES string of the molecule is COc1cc2c(cc1Cc1cc(N3CCCC3=O)c(F)c(Cl)c1F)c(=O)c(C)cn2C(CO)C(C)C. The Morgan fingerprint density at radius 2 is 1.86 bits per heavy atom. The van der Waals surface area contributed by atoms with Gasteiger partial charge in [-0.1, -0.05) is 25.4 Å². The lowest BCUT2D eigenvalue weighted by atomic mass is 9.98. The van der Waals surface area contributed by atoms with Gasteiger partial charge in [-0.2, -0.15) is 0 Å². The number of aliphatic hydroxyl groups is 1. The molecule has 2 heterocycles. The molecule has 9 heteroatoms. The Morgan fingerprint density at radius 3 is 2.44 bits per heavy atom. The highest BCUT2D eigenvalue weighted by Crippen LogP contribution is 2.36. The van der Waals surface area contributed by atoms with Crippen LogP contribution in [0.2, 0.25) is 5.02 Å². The van der Waals surface area contributed by atoms with Crippen molar-refractivity contribution in [2.45, 2.75) is 46.1 Å². The van der Waals surface area contributed by atoms with E-state index in [-0.39, 0.29) is 47.6 Å². The molecule has 0 bridgehead atoms. The lowest BCUT2D eigenvalue weighted by Gasteiger charge is -2.25. The number of carbonyl (C=O) groups excluding carboxylic acids is 1. The van der Waals surface area contributed by atoms with Gasteiger partial charge in [-0.05, 0) is 42.5 Å². The standard InChI is InChI=1S/C27H29ClF2N2O4/c1-14(2)21(13-33)32-12-15(3)27(35)18-9-16(22(36-4)11-19(18)32)8-17-10-20(26(30)24(28)25(17)29)31-7-5-6-23(31)34/h9-12,14,21,33H,5-8,13H2,1-4H3. The molecular weight excluding hydrogens is 490 g/mol. The minimum Gasteiger partial charge on any atom is -0.496 e. The first-order chi connectivity index (χ1) is 17.1. The summed E-state index contributed by atoms with van der Waals surface area (Å²) in [4.78, 5) is 26.6. The van der Waals surface area contributed by atoms with Crippen molar-refractivity contribution < 1.29 is 23.4 Å². The second-order valence-corrected chi connectivity index (χ2v) is 9.92. The number of hydrogen-bond acceptors (Lipinski definition) is 4. The van der Waals surface area contributed by atoms with Crippen molar-refractivity contribution in [3.05, 3.63) is 68.0 Å². The number of benzene rings is 2. The Hall–Kier alpha value is -2.97. The molecule has 1 fully saturated rings. The highest BCUT2D eigenvalue weighted by molar-refractivity contribution is 6.31. The van der Waals surface area contributed by atoms with Gasteiger partial charge >= 0.3 is 0 Å². The Kier molecular flexibility index (Phi) is 7.38. The first kappa shape index (κ1) is 26.1. The fourth-order valence-electron chi connectivity index (χ4n) is 4.86. The first-order valence-corrected chi connectivity index (χ1v) is 12.3. The highest BCUT2D eigenvalue weighted by atomic mass is 35.5. The van der Waals surface area contributed by atoms with Crippen LogP contribution < -0.4 is 15.1 Å². The van der Waals surface area contributed by atoms with Crippen LogP contribution in [0, 0.1) is 24.5 Å². The molecule has 1 unspecified atom stereocenters. The number of aromatic nitrogens is 1. The molecular formula is C27H29ClF2N2O4. The molecule has 0 spiro atoms. The molecule has 0 aliphatic carbocycles. The predicted octanol–water partition coefficient (Wildman–Crippen LogP) is 5.16. The Bertz CT molecular complexity index is 1400. The summed E-state index contributed by atoms with van der Waals surface area (Å²) in [5, 5.41) is 9.73. The van der Waals surface area contributed by atoms with E-state index >= 15 is 4.39 Å². The van der Waals surface area contributed by atoms with Gasteiger partial charge in [0.05, 0.1) is 31.0 Å². The maximum absolute atomic E-state index is 15.1. The molecule has 1 aliphatic rings. The molecule has 6 nitrogen and oxygen atoms in total. The smallest absolute Gasteiger partial charge is 0.227 e. The minimum absolute atomic E-state index is 0.0407. The zero-order valence-electron chi connectivity index (χ0n) is 20.7. The van der Waals surface area contributed by atoms with E-state index in [1.54, 1.807) is 25.3 Å². The zero-order chi connectivity index (χ0) is 26.3. The second kappa shape index (κ2) is 10.2. The Morgan fingerprint density at radius 1 is 1.14 bits per heavy atom. The molecule has 1 aliphatic heterocycles. The van der Waals surface area contributed by atoms with Crippen LogP contribution in [0.5, 0.6) is 5.75 Å². The molecule has 36 heavy (non-hydrogen) atoms. The summed E-state index contributed by atoms with van der Waals surface area (Å²) in [6.07, 6.45) is 2.56. The van der Waals surface area contributed by atoms with Crippen LogP contribution in [0.4, 0.5) is 14.5 Å². The molecule has 1 atom stereocenters. The minimum atomic E-state index is -0.971. The van der Waals surface area contributed by atoms with Crippen molar-refractivity contribution in [1.82, 2.24) is 4.57 Å². The van der Waals surface area contributed by atoms with E-state index < -0.39 is 16.7 Å². The van der Waals surface area contributed by atoms with Crippen LogP contribution in [-0.4, -0.2) is 35.8 Å². The number of hydrogen-bond donors (Lipinski definition) is 1. The summed E-state index contributed by atoms with van der Waals surface area (Å²) in [5.74, 6) is -1.65. The molecule has 4 rings (SSSR count). The summed E-state index contributed by atoms with van der Waals surface area (Å²) in [6, 6.07) is 4.38. The zero-order valence-corrected chi connectivity index (χ0v) is 21.5. The van der Waals surface area contributed by atoms with E-state index in [1.807, 2.05) is 18.4 Å². The van der Waals surface area contributed by atoms with Crippen LogP contribution in [0.25, 0.3) is 10.9 Å². The Balaban J connectivity index is 1.89. The molecule has 1 amide bonds. The number of pyridine rings is 1. The van der Waals surface area contributed by atoms with E-state index in [4.69, 9.17) is 16.3 Å². The summed E-state index contributed by atoms with van der Waals surface area (Å²) in [7, 11) is 1.47. The van der Waals surface area contributed by atoms with Gasteiger partial charge in [0, 0.05) is 42.6 Å². The van der Waals surface area contributed by atoms with Crippen molar-refractivity contribution in [2.24, 2.45) is 5.92 Å². The van der Waals surface area contributed by atoms with Gasteiger partial charge in [0.2, 0.25) is 5.91 Å². The van der Waals surface area contributed by atoms with Crippen molar-refractivity contribution in [2.75, 3.05) is 25.2 Å². The lowest BCUT2D eigenvalue weighted by molar-refractivity contribution is -0.117. The fourth-order valence-corrected chi connectivity index (χ4v) is 5.07. The van der Waals surface area contributed by atoms with Gasteiger partial charge in [0.15, 0.2) is 11.2 Å². The third kappa shape index (κ3) is 4.48. The van der Waals surface area contributed by atoms with Gasteiger partial charge in [-0.15, -0.1) is 0 Å². The number of fused-ring (bicyclic) bond motifs is 1. The van der Waals surface area contributed by atoms with Crippen molar-refractivity contribution >= 4 is 34.1 Å². The molecule has 1 saturated heterocycles. The maximum atomic E-state index is 15.1. The first-order valence-electron chi connectivity index (χ1n) is 11.9. The molecule has 1 aromatic heterocycles. The highest BCUT2D eigenvalue weighted by Gasteiger charge is 2.28. The number of methoxy groups -OCH3 is 1. The summed E-state index contributed by atoms with van der Waals surface area (Å²) >= 11 is 6.00. The van der Waals surface area contributed by atoms with Crippen LogP contribution in [0.15, 0.2) is 29.2 Å². The van der Waals surface area contributed by atoms with Gasteiger partial charge in [-0.3, -0.25) is 9.59 Å².